The van der Waals surface area contributed by atoms with E-state index in [4.69, 9.17) is 14.2 Å². The molecule has 4 unspecified atom stereocenters. The largest absolute Gasteiger partial charge is 0.513 e. The fraction of sp³-hybridized carbons (Fsp3) is 0.727. The van der Waals surface area contributed by atoms with E-state index in [0.717, 1.165) is 56.1 Å². The fourth-order valence-electron chi connectivity index (χ4n) is 6.91. The summed E-state index contributed by atoms with van der Waals surface area (Å²) in [7, 11) is 0. The van der Waals surface area contributed by atoms with E-state index in [1.165, 1.54) is 50.5 Å². The van der Waals surface area contributed by atoms with E-state index in [1.54, 1.807) is 0 Å². The van der Waals surface area contributed by atoms with Gasteiger partial charge in [-0.15, -0.1) is 0 Å². The van der Waals surface area contributed by atoms with Gasteiger partial charge in [-0.3, -0.25) is 0 Å². The maximum absolute atomic E-state index is 12.6. The van der Waals surface area contributed by atoms with Crippen LogP contribution in [0.15, 0.2) is 24.3 Å². The molecule has 1 aromatic carbocycles. The molecule has 1 heterocycles. The van der Waals surface area contributed by atoms with E-state index < -0.39 is 17.2 Å². The summed E-state index contributed by atoms with van der Waals surface area (Å²) in [6, 6.07) is 3.87. The molecule has 38 heavy (non-hydrogen) atoms. The molecule has 0 aromatic heterocycles. The normalized spacial score (nSPS) is 25.5. The Morgan fingerprint density at radius 3 is 2.29 bits per heavy atom. The van der Waals surface area contributed by atoms with Crippen LogP contribution in [0.3, 0.4) is 0 Å². The van der Waals surface area contributed by atoms with Crippen molar-refractivity contribution >= 4 is 6.16 Å². The Bertz CT molecular complexity index is 936. The number of rotatable bonds is 16. The summed E-state index contributed by atoms with van der Waals surface area (Å²) in [6.07, 6.45) is 13.9. The lowest BCUT2D eigenvalue weighted by molar-refractivity contribution is -0.106. The Labute approximate surface area is 231 Å². The smallest absolute Gasteiger partial charge is 0.481 e. The molecule has 0 amide bonds. The monoisotopic (exact) mass is 528 g/mol. The van der Waals surface area contributed by atoms with Gasteiger partial charge in [-0.1, -0.05) is 105 Å². The zero-order valence-electron chi connectivity index (χ0n) is 24.7. The first-order valence-corrected chi connectivity index (χ1v) is 15.4. The van der Waals surface area contributed by atoms with Crippen LogP contribution in [0.1, 0.15) is 129 Å². The number of benzene rings is 1. The van der Waals surface area contributed by atoms with Crippen LogP contribution in [-0.2, 0) is 16.6 Å². The van der Waals surface area contributed by atoms with Gasteiger partial charge in [0.1, 0.15) is 6.10 Å². The summed E-state index contributed by atoms with van der Waals surface area (Å²) in [5, 5.41) is 12.1. The van der Waals surface area contributed by atoms with E-state index in [2.05, 4.69) is 34.3 Å². The molecule has 5 nitrogen and oxygen atoms in total. The molecule has 0 spiro atoms. The van der Waals surface area contributed by atoms with Gasteiger partial charge in [0.25, 0.3) is 0 Å². The lowest BCUT2D eigenvalue weighted by atomic mass is 9.52. The molecule has 0 bridgehead atoms. The first-order valence-electron chi connectivity index (χ1n) is 15.4. The van der Waals surface area contributed by atoms with Crippen LogP contribution in [0, 0.1) is 5.92 Å². The predicted molar refractivity (Wildman–Crippen MR) is 154 cm³/mol. The zero-order valence-corrected chi connectivity index (χ0v) is 24.7. The lowest BCUT2D eigenvalue weighted by Gasteiger charge is -2.53. The molecule has 0 saturated heterocycles. The third-order valence-electron chi connectivity index (χ3n) is 9.12. The molecular weight excluding hydrogens is 476 g/mol. The Morgan fingerprint density at radius 2 is 1.68 bits per heavy atom. The van der Waals surface area contributed by atoms with Crippen molar-refractivity contribution in [2.24, 2.45) is 5.92 Å². The van der Waals surface area contributed by atoms with Crippen LogP contribution in [-0.4, -0.2) is 29.6 Å². The molecule has 4 atom stereocenters. The van der Waals surface area contributed by atoms with Gasteiger partial charge in [0.2, 0.25) is 0 Å². The van der Waals surface area contributed by atoms with Crippen LogP contribution < -0.4 is 9.47 Å². The summed E-state index contributed by atoms with van der Waals surface area (Å²) in [4.78, 5) is 12.6. The molecule has 3 rings (SSSR count). The standard InChI is InChI=1S/C33H52O5/c1-7-11-12-13-14-15-16-17-18-22-36-31(34)37-27-20-19-25-23-26(10-4)32(6,35)33(21-8-2)28(25)29(27)38-30(33)24(5)9-3/h19-20,26,30,35H,5,7-18,21-23H2,1-4,6H3. The average Bonchev–Trinajstić information content (AvgIpc) is 3.26. The second-order valence-corrected chi connectivity index (χ2v) is 11.6. The molecule has 214 valence electrons. The summed E-state index contributed by atoms with van der Waals surface area (Å²) in [5.74, 6) is 1.06. The van der Waals surface area contributed by atoms with Gasteiger partial charge in [-0.05, 0) is 55.7 Å². The molecule has 0 radical (unpaired) electrons. The van der Waals surface area contributed by atoms with Gasteiger partial charge in [0.05, 0.1) is 17.6 Å². The molecule has 1 aliphatic carbocycles. The lowest BCUT2D eigenvalue weighted by Crippen LogP contribution is -2.62. The molecule has 5 heteroatoms. The average molecular weight is 529 g/mol. The molecule has 1 aromatic rings. The van der Waals surface area contributed by atoms with Crippen molar-refractivity contribution < 1.29 is 24.1 Å². The number of carbonyl (C=O) groups excluding carboxylic acids is 1. The minimum absolute atomic E-state index is 0.108. The highest BCUT2D eigenvalue weighted by atomic mass is 16.7. The van der Waals surface area contributed by atoms with Crippen LogP contribution in [0.2, 0.25) is 0 Å². The van der Waals surface area contributed by atoms with Gasteiger partial charge in [-0.2, -0.15) is 0 Å². The topological polar surface area (TPSA) is 65.0 Å². The third kappa shape index (κ3) is 6.08. The highest BCUT2D eigenvalue weighted by molar-refractivity contribution is 5.69. The second-order valence-electron chi connectivity index (χ2n) is 11.6. The summed E-state index contributed by atoms with van der Waals surface area (Å²) in [6.45, 7) is 15.3. The van der Waals surface area contributed by atoms with Gasteiger partial charge >= 0.3 is 6.16 Å². The number of ether oxygens (including phenoxy) is 3. The Kier molecular flexibility index (Phi) is 11.1. The van der Waals surface area contributed by atoms with Gasteiger partial charge in [0.15, 0.2) is 11.5 Å². The Balaban J connectivity index is 1.70. The molecule has 0 saturated carbocycles. The number of unbranched alkanes of at least 4 members (excludes halogenated alkanes) is 8. The van der Waals surface area contributed by atoms with Crippen molar-refractivity contribution in [1.82, 2.24) is 0 Å². The Morgan fingerprint density at radius 1 is 1.03 bits per heavy atom. The predicted octanol–water partition coefficient (Wildman–Crippen LogP) is 8.83. The van der Waals surface area contributed by atoms with E-state index in [9.17, 15) is 9.90 Å². The first kappa shape index (κ1) is 30.5. The molecule has 1 N–H and O–H groups in total. The second kappa shape index (κ2) is 13.9. The van der Waals surface area contributed by atoms with Crippen LogP contribution in [0.25, 0.3) is 0 Å². The van der Waals surface area contributed by atoms with Crippen LogP contribution >= 0.6 is 0 Å². The number of aliphatic hydroxyl groups is 1. The van der Waals surface area contributed by atoms with Gasteiger partial charge in [0, 0.05) is 5.56 Å². The maximum atomic E-state index is 12.6. The van der Waals surface area contributed by atoms with Crippen molar-refractivity contribution in [3.05, 3.63) is 35.4 Å². The quantitative estimate of drug-likeness (QED) is 0.100. The molecule has 2 aliphatic rings. The minimum atomic E-state index is -0.978. The van der Waals surface area contributed by atoms with Gasteiger partial charge < -0.3 is 19.3 Å². The fourth-order valence-corrected chi connectivity index (χ4v) is 6.91. The summed E-state index contributed by atoms with van der Waals surface area (Å²) in [5.41, 5.74) is 1.52. The van der Waals surface area contributed by atoms with Crippen molar-refractivity contribution in [2.75, 3.05) is 6.61 Å². The highest BCUT2D eigenvalue weighted by Gasteiger charge is 2.65. The van der Waals surface area contributed by atoms with E-state index in [0.29, 0.717) is 18.1 Å². The number of hydrogen-bond donors (Lipinski definition) is 1. The third-order valence-corrected chi connectivity index (χ3v) is 9.12. The van der Waals surface area contributed by atoms with E-state index >= 15 is 0 Å². The Hall–Kier alpha value is -2.01. The van der Waals surface area contributed by atoms with Crippen molar-refractivity contribution in [2.45, 2.75) is 142 Å². The summed E-state index contributed by atoms with van der Waals surface area (Å²) < 4.78 is 17.8. The van der Waals surface area contributed by atoms with Crippen LogP contribution in [0.4, 0.5) is 4.79 Å². The summed E-state index contributed by atoms with van der Waals surface area (Å²) >= 11 is 0. The molecule has 0 fully saturated rings. The van der Waals surface area contributed by atoms with Crippen molar-refractivity contribution in [3.63, 3.8) is 0 Å². The van der Waals surface area contributed by atoms with Crippen molar-refractivity contribution in [1.29, 1.82) is 0 Å². The SMILES string of the molecule is C=C(CC)C1Oc2c(OC(=O)OCCCCCCCCCCC)ccc3c2C1(CCC)C(C)(O)C(CC)C3. The van der Waals surface area contributed by atoms with Crippen molar-refractivity contribution in [3.8, 4) is 11.5 Å². The number of hydrogen-bond acceptors (Lipinski definition) is 5. The van der Waals surface area contributed by atoms with Crippen LogP contribution in [0.5, 0.6) is 11.5 Å². The zero-order chi connectivity index (χ0) is 27.8. The highest BCUT2D eigenvalue weighted by Crippen LogP contribution is 2.62. The van der Waals surface area contributed by atoms with E-state index in [1.807, 2.05) is 19.1 Å². The number of carbonyl (C=O) groups is 1. The van der Waals surface area contributed by atoms with E-state index in [-0.39, 0.29) is 12.0 Å². The molecule has 1 aliphatic heterocycles. The first-order chi connectivity index (χ1) is 18.3. The molecular formula is C33H52O5. The van der Waals surface area contributed by atoms with Gasteiger partial charge in [-0.25, -0.2) is 4.79 Å². The maximum Gasteiger partial charge on any atom is 0.513 e. The minimum Gasteiger partial charge on any atom is -0.481 e.